The van der Waals surface area contributed by atoms with Gasteiger partial charge in [-0.1, -0.05) is 6.07 Å². The predicted octanol–water partition coefficient (Wildman–Crippen LogP) is 2.83. The normalized spacial score (nSPS) is 18.7. The molecule has 1 heterocycles. The molecule has 1 saturated heterocycles. The van der Waals surface area contributed by atoms with E-state index in [0.29, 0.717) is 12.1 Å². The molecule has 1 aliphatic heterocycles. The van der Waals surface area contributed by atoms with Crippen molar-refractivity contribution >= 4 is 0 Å². The summed E-state index contributed by atoms with van der Waals surface area (Å²) in [6, 6.07) is 9.39. The van der Waals surface area contributed by atoms with Crippen molar-refractivity contribution in [3.05, 3.63) is 34.9 Å². The van der Waals surface area contributed by atoms with Crippen molar-refractivity contribution in [1.82, 2.24) is 10.2 Å². The average molecular weight is 271 g/mol. The number of hydrogen-bond acceptors (Lipinski definition) is 3. The smallest absolute Gasteiger partial charge is 0.0991 e. The summed E-state index contributed by atoms with van der Waals surface area (Å²) in [5, 5.41) is 12.5. The number of benzene rings is 1. The van der Waals surface area contributed by atoms with E-state index < -0.39 is 0 Å². The van der Waals surface area contributed by atoms with Crippen LogP contribution in [0.5, 0.6) is 0 Å². The van der Waals surface area contributed by atoms with Gasteiger partial charge in [0, 0.05) is 25.2 Å². The van der Waals surface area contributed by atoms with Crippen LogP contribution < -0.4 is 5.32 Å². The summed E-state index contributed by atoms with van der Waals surface area (Å²) in [7, 11) is 0. The van der Waals surface area contributed by atoms with Gasteiger partial charge in [-0.3, -0.25) is 4.90 Å². The Kier molecular flexibility index (Phi) is 5.17. The van der Waals surface area contributed by atoms with E-state index in [9.17, 15) is 0 Å². The fraction of sp³-hybridized carbons (Fsp3) is 0.588. The topological polar surface area (TPSA) is 39.1 Å². The van der Waals surface area contributed by atoms with Gasteiger partial charge in [0.1, 0.15) is 0 Å². The lowest BCUT2D eigenvalue weighted by molar-refractivity contribution is 0.193. The van der Waals surface area contributed by atoms with Crippen LogP contribution >= 0.6 is 0 Å². The van der Waals surface area contributed by atoms with Gasteiger partial charge < -0.3 is 5.32 Å². The van der Waals surface area contributed by atoms with Crippen LogP contribution in [0.3, 0.4) is 0 Å². The second-order valence-electron chi connectivity index (χ2n) is 6.07. The molecule has 0 spiro atoms. The number of rotatable bonds is 5. The van der Waals surface area contributed by atoms with Crippen molar-refractivity contribution in [3.8, 4) is 6.07 Å². The predicted molar refractivity (Wildman–Crippen MR) is 82.5 cm³/mol. The van der Waals surface area contributed by atoms with E-state index in [-0.39, 0.29) is 0 Å². The second kappa shape index (κ2) is 6.88. The Hall–Kier alpha value is -1.37. The molecule has 1 aromatic rings. The minimum Gasteiger partial charge on any atom is -0.313 e. The first-order valence-electron chi connectivity index (χ1n) is 7.57. The van der Waals surface area contributed by atoms with Gasteiger partial charge in [0.25, 0.3) is 0 Å². The summed E-state index contributed by atoms with van der Waals surface area (Å²) >= 11 is 0. The third kappa shape index (κ3) is 3.82. The zero-order chi connectivity index (χ0) is 14.5. The summed E-state index contributed by atoms with van der Waals surface area (Å²) in [6.45, 7) is 9.85. The molecule has 0 aromatic heterocycles. The van der Waals surface area contributed by atoms with Crippen molar-refractivity contribution < 1.29 is 0 Å². The Morgan fingerprint density at radius 1 is 1.45 bits per heavy atom. The van der Waals surface area contributed by atoms with Crippen molar-refractivity contribution in [3.63, 3.8) is 0 Å². The van der Waals surface area contributed by atoms with E-state index in [1.807, 2.05) is 12.1 Å². The SMILES string of the molecule is Cc1cc(C#N)ccc1CN(CC1CCCN1)C(C)C. The lowest BCUT2D eigenvalue weighted by atomic mass is 10.0. The number of aryl methyl sites for hydroxylation is 1. The van der Waals surface area contributed by atoms with Gasteiger partial charge in [-0.05, 0) is 63.4 Å². The Bertz CT molecular complexity index is 481. The van der Waals surface area contributed by atoms with Crippen molar-refractivity contribution in [2.24, 2.45) is 0 Å². The van der Waals surface area contributed by atoms with Crippen LogP contribution in [0, 0.1) is 18.3 Å². The molecule has 1 unspecified atom stereocenters. The van der Waals surface area contributed by atoms with Crippen LogP contribution in [0.25, 0.3) is 0 Å². The molecule has 0 bridgehead atoms. The molecule has 1 fully saturated rings. The lowest BCUT2D eigenvalue weighted by Crippen LogP contribution is -2.40. The van der Waals surface area contributed by atoms with Crippen molar-refractivity contribution in [2.45, 2.75) is 52.2 Å². The van der Waals surface area contributed by atoms with Gasteiger partial charge in [0.05, 0.1) is 11.6 Å². The second-order valence-corrected chi connectivity index (χ2v) is 6.07. The van der Waals surface area contributed by atoms with Crippen LogP contribution in [-0.4, -0.2) is 30.1 Å². The molecular formula is C17H25N3. The molecule has 0 aliphatic carbocycles. The molecule has 0 saturated carbocycles. The first-order valence-corrected chi connectivity index (χ1v) is 7.57. The Labute approximate surface area is 122 Å². The summed E-state index contributed by atoms with van der Waals surface area (Å²) in [6.07, 6.45) is 2.59. The number of nitrogens with one attached hydrogen (secondary N) is 1. The molecule has 0 amide bonds. The van der Waals surface area contributed by atoms with Crippen LogP contribution in [0.1, 0.15) is 43.4 Å². The van der Waals surface area contributed by atoms with E-state index >= 15 is 0 Å². The summed E-state index contributed by atoms with van der Waals surface area (Å²) in [4.78, 5) is 2.53. The summed E-state index contributed by atoms with van der Waals surface area (Å²) in [5.74, 6) is 0. The highest BCUT2D eigenvalue weighted by Crippen LogP contribution is 2.17. The van der Waals surface area contributed by atoms with Gasteiger partial charge in [0.2, 0.25) is 0 Å². The molecule has 3 heteroatoms. The molecule has 20 heavy (non-hydrogen) atoms. The van der Waals surface area contributed by atoms with Gasteiger partial charge in [-0.15, -0.1) is 0 Å². The molecule has 1 atom stereocenters. The number of nitrogens with zero attached hydrogens (tertiary/aromatic N) is 2. The summed E-state index contributed by atoms with van der Waals surface area (Å²) < 4.78 is 0. The van der Waals surface area contributed by atoms with Crippen LogP contribution in [0.2, 0.25) is 0 Å². The Balaban J connectivity index is 2.05. The van der Waals surface area contributed by atoms with Crippen LogP contribution in [-0.2, 0) is 6.54 Å². The highest BCUT2D eigenvalue weighted by atomic mass is 15.2. The zero-order valence-electron chi connectivity index (χ0n) is 12.8. The molecule has 1 aromatic carbocycles. The van der Waals surface area contributed by atoms with E-state index in [4.69, 9.17) is 5.26 Å². The average Bonchev–Trinajstić information content (AvgIpc) is 2.92. The van der Waals surface area contributed by atoms with Gasteiger partial charge in [-0.25, -0.2) is 0 Å². The van der Waals surface area contributed by atoms with E-state index in [1.165, 1.54) is 24.0 Å². The van der Waals surface area contributed by atoms with Gasteiger partial charge in [0.15, 0.2) is 0 Å². The van der Waals surface area contributed by atoms with Gasteiger partial charge >= 0.3 is 0 Å². The summed E-state index contributed by atoms with van der Waals surface area (Å²) in [5.41, 5.74) is 3.30. The molecule has 2 rings (SSSR count). The third-order valence-electron chi connectivity index (χ3n) is 4.19. The molecule has 1 aliphatic rings. The quantitative estimate of drug-likeness (QED) is 0.895. The molecule has 1 N–H and O–H groups in total. The van der Waals surface area contributed by atoms with E-state index in [2.05, 4.69) is 43.1 Å². The van der Waals surface area contributed by atoms with E-state index in [0.717, 1.165) is 25.2 Å². The standard InChI is InChI=1S/C17H25N3/c1-13(2)20(12-17-5-4-8-19-17)11-16-7-6-15(10-18)9-14(16)3/h6-7,9,13,17,19H,4-5,8,11-12H2,1-3H3. The minimum atomic E-state index is 0.535. The lowest BCUT2D eigenvalue weighted by Gasteiger charge is -2.30. The molecule has 0 radical (unpaired) electrons. The number of hydrogen-bond donors (Lipinski definition) is 1. The largest absolute Gasteiger partial charge is 0.313 e. The maximum atomic E-state index is 8.94. The maximum Gasteiger partial charge on any atom is 0.0991 e. The number of nitriles is 1. The van der Waals surface area contributed by atoms with Crippen LogP contribution in [0.15, 0.2) is 18.2 Å². The zero-order valence-corrected chi connectivity index (χ0v) is 12.8. The van der Waals surface area contributed by atoms with Crippen molar-refractivity contribution in [2.75, 3.05) is 13.1 Å². The minimum absolute atomic E-state index is 0.535. The fourth-order valence-electron chi connectivity index (χ4n) is 2.82. The third-order valence-corrected chi connectivity index (χ3v) is 4.19. The van der Waals surface area contributed by atoms with Crippen molar-refractivity contribution in [1.29, 1.82) is 5.26 Å². The fourth-order valence-corrected chi connectivity index (χ4v) is 2.82. The first kappa shape index (κ1) is 15.0. The van der Waals surface area contributed by atoms with E-state index in [1.54, 1.807) is 0 Å². The molecular weight excluding hydrogens is 246 g/mol. The van der Waals surface area contributed by atoms with Crippen LogP contribution in [0.4, 0.5) is 0 Å². The molecule has 108 valence electrons. The monoisotopic (exact) mass is 271 g/mol. The first-order chi connectivity index (χ1) is 9.60. The maximum absolute atomic E-state index is 8.94. The van der Waals surface area contributed by atoms with Gasteiger partial charge in [-0.2, -0.15) is 5.26 Å². The molecule has 3 nitrogen and oxygen atoms in total. The Morgan fingerprint density at radius 2 is 2.25 bits per heavy atom. The highest BCUT2D eigenvalue weighted by Gasteiger charge is 2.20. The highest BCUT2D eigenvalue weighted by molar-refractivity contribution is 5.37. The Morgan fingerprint density at radius 3 is 2.80 bits per heavy atom.